The summed E-state index contributed by atoms with van der Waals surface area (Å²) < 4.78 is 42.1. The first kappa shape index (κ1) is 14.7. The van der Waals surface area contributed by atoms with Gasteiger partial charge in [0.1, 0.15) is 17.0 Å². The summed E-state index contributed by atoms with van der Waals surface area (Å²) in [5.41, 5.74) is 0.532. The molecule has 0 bridgehead atoms. The monoisotopic (exact) mass is 341 g/mol. The molecule has 0 amide bonds. The number of sulfonamides is 1. The maximum Gasteiger partial charge on any atom is 0.266 e. The molecule has 0 aliphatic carbocycles. The lowest BCUT2D eigenvalue weighted by Crippen LogP contribution is -2.17. The highest BCUT2D eigenvalue weighted by molar-refractivity contribution is 7.92. The first-order valence-corrected chi connectivity index (χ1v) is 7.89. The van der Waals surface area contributed by atoms with Crippen LogP contribution in [0.3, 0.4) is 0 Å². The molecular formula is C12H9ClFN5O2S. The SMILES string of the molecule is Cc1cc(NS(=O)(=O)c2cccc(Cl)c2F)n2ncnc2n1. The van der Waals surface area contributed by atoms with Crippen LogP contribution < -0.4 is 4.72 Å². The molecule has 2 heterocycles. The highest BCUT2D eigenvalue weighted by Crippen LogP contribution is 2.24. The average Bonchev–Trinajstić information content (AvgIpc) is 2.89. The van der Waals surface area contributed by atoms with Gasteiger partial charge in [-0.1, -0.05) is 17.7 Å². The summed E-state index contributed by atoms with van der Waals surface area (Å²) in [6.45, 7) is 1.67. The van der Waals surface area contributed by atoms with Crippen molar-refractivity contribution in [1.82, 2.24) is 19.6 Å². The van der Waals surface area contributed by atoms with Crippen LogP contribution in [0.1, 0.15) is 5.69 Å². The van der Waals surface area contributed by atoms with Crippen molar-refractivity contribution >= 4 is 33.2 Å². The molecule has 0 spiro atoms. The zero-order valence-corrected chi connectivity index (χ0v) is 12.7. The fraction of sp³-hybridized carbons (Fsp3) is 0.0833. The molecule has 0 radical (unpaired) electrons. The van der Waals surface area contributed by atoms with Gasteiger partial charge in [-0.05, 0) is 19.1 Å². The van der Waals surface area contributed by atoms with Crippen molar-refractivity contribution < 1.29 is 12.8 Å². The number of rotatable bonds is 3. The first-order valence-electron chi connectivity index (χ1n) is 6.03. The van der Waals surface area contributed by atoms with E-state index in [1.807, 2.05) is 0 Å². The van der Waals surface area contributed by atoms with Crippen molar-refractivity contribution in [3.05, 3.63) is 47.1 Å². The Hall–Kier alpha value is -2.26. The topological polar surface area (TPSA) is 89.2 Å². The van der Waals surface area contributed by atoms with Gasteiger partial charge < -0.3 is 0 Å². The molecule has 0 unspecified atom stereocenters. The highest BCUT2D eigenvalue weighted by Gasteiger charge is 2.22. The number of anilines is 1. The van der Waals surface area contributed by atoms with Gasteiger partial charge in [0.15, 0.2) is 5.82 Å². The Morgan fingerprint density at radius 3 is 2.91 bits per heavy atom. The van der Waals surface area contributed by atoms with E-state index in [9.17, 15) is 12.8 Å². The molecule has 22 heavy (non-hydrogen) atoms. The Bertz CT molecular complexity index is 973. The van der Waals surface area contributed by atoms with Crippen molar-refractivity contribution in [1.29, 1.82) is 0 Å². The Morgan fingerprint density at radius 2 is 2.14 bits per heavy atom. The van der Waals surface area contributed by atoms with E-state index in [1.54, 1.807) is 6.92 Å². The molecule has 1 N–H and O–H groups in total. The fourth-order valence-electron chi connectivity index (χ4n) is 1.89. The molecule has 1 aromatic carbocycles. The Morgan fingerprint density at radius 1 is 1.36 bits per heavy atom. The van der Waals surface area contributed by atoms with Crippen LogP contribution in [0.2, 0.25) is 5.02 Å². The van der Waals surface area contributed by atoms with Crippen LogP contribution in [0.25, 0.3) is 5.78 Å². The van der Waals surface area contributed by atoms with Gasteiger partial charge in [-0.25, -0.2) is 17.8 Å². The number of halogens is 2. The van der Waals surface area contributed by atoms with E-state index in [-0.39, 0.29) is 16.6 Å². The smallest absolute Gasteiger partial charge is 0.263 e. The van der Waals surface area contributed by atoms with Gasteiger partial charge in [0.05, 0.1) is 5.02 Å². The van der Waals surface area contributed by atoms with Gasteiger partial charge in [0, 0.05) is 11.8 Å². The highest BCUT2D eigenvalue weighted by atomic mass is 35.5. The van der Waals surface area contributed by atoms with Crippen molar-refractivity contribution in [2.45, 2.75) is 11.8 Å². The molecule has 0 fully saturated rings. The van der Waals surface area contributed by atoms with E-state index < -0.39 is 20.7 Å². The minimum absolute atomic E-state index is 0.0966. The molecule has 0 aliphatic rings. The largest absolute Gasteiger partial charge is 0.266 e. The maximum atomic E-state index is 13.9. The van der Waals surface area contributed by atoms with E-state index >= 15 is 0 Å². The molecule has 0 saturated carbocycles. The standard InChI is InChI=1S/C12H9ClFN5O2S/c1-7-5-10(19-12(17-7)15-6-16-19)18-22(20,21)9-4-2-3-8(13)11(9)14/h2-6,18H,1H3. The normalized spacial score (nSPS) is 11.8. The van der Waals surface area contributed by atoms with Gasteiger partial charge in [-0.3, -0.25) is 4.72 Å². The van der Waals surface area contributed by atoms with Crippen LogP contribution in [-0.2, 0) is 10.0 Å². The van der Waals surface area contributed by atoms with Crippen LogP contribution in [0.15, 0.2) is 35.5 Å². The van der Waals surface area contributed by atoms with Crippen molar-refractivity contribution in [3.63, 3.8) is 0 Å². The molecule has 7 nitrogen and oxygen atoms in total. The van der Waals surface area contributed by atoms with E-state index in [0.717, 1.165) is 6.07 Å². The third kappa shape index (κ3) is 2.48. The van der Waals surface area contributed by atoms with Crippen LogP contribution in [0.4, 0.5) is 10.2 Å². The predicted octanol–water partition coefficient (Wildman–Crippen LogP) is 2.03. The lowest BCUT2D eigenvalue weighted by atomic mass is 10.3. The molecule has 2 aromatic heterocycles. The second-order valence-corrected chi connectivity index (χ2v) is 6.47. The van der Waals surface area contributed by atoms with Crippen LogP contribution >= 0.6 is 11.6 Å². The van der Waals surface area contributed by atoms with Gasteiger partial charge >= 0.3 is 0 Å². The number of aryl methyl sites for hydroxylation is 1. The summed E-state index contributed by atoms with van der Waals surface area (Å²) >= 11 is 5.62. The van der Waals surface area contributed by atoms with Gasteiger partial charge in [-0.15, -0.1) is 0 Å². The van der Waals surface area contributed by atoms with Crippen LogP contribution in [-0.4, -0.2) is 28.0 Å². The third-order valence-corrected chi connectivity index (χ3v) is 4.49. The molecule has 3 rings (SSSR count). The molecule has 114 valence electrons. The Kier molecular flexibility index (Phi) is 3.45. The zero-order chi connectivity index (χ0) is 15.9. The number of nitrogens with one attached hydrogen (secondary N) is 1. The zero-order valence-electron chi connectivity index (χ0n) is 11.2. The van der Waals surface area contributed by atoms with Gasteiger partial charge in [0.25, 0.3) is 15.8 Å². The second kappa shape index (κ2) is 5.18. The predicted molar refractivity (Wildman–Crippen MR) is 77.7 cm³/mol. The fourth-order valence-corrected chi connectivity index (χ4v) is 3.25. The summed E-state index contributed by atoms with van der Waals surface area (Å²) in [5.74, 6) is -0.694. The number of hydrogen-bond acceptors (Lipinski definition) is 5. The number of fused-ring (bicyclic) bond motifs is 1. The average molecular weight is 342 g/mol. The van der Waals surface area contributed by atoms with Gasteiger partial charge in [-0.2, -0.15) is 14.6 Å². The summed E-state index contributed by atoms with van der Waals surface area (Å²) in [5, 5.41) is 3.60. The second-order valence-electron chi connectivity index (χ2n) is 4.41. The molecule has 0 aliphatic heterocycles. The minimum Gasteiger partial charge on any atom is -0.263 e. The Balaban J connectivity index is 2.11. The first-order chi connectivity index (χ1) is 10.4. The number of benzene rings is 1. The molecule has 0 atom stereocenters. The number of aromatic nitrogens is 4. The minimum atomic E-state index is -4.18. The molecule has 10 heteroatoms. The van der Waals surface area contributed by atoms with Crippen LogP contribution in [0, 0.1) is 12.7 Å². The van der Waals surface area contributed by atoms with Crippen LogP contribution in [0.5, 0.6) is 0 Å². The summed E-state index contributed by atoms with van der Waals surface area (Å²) in [7, 11) is -4.18. The van der Waals surface area contributed by atoms with E-state index in [4.69, 9.17) is 11.6 Å². The lowest BCUT2D eigenvalue weighted by Gasteiger charge is -2.10. The van der Waals surface area contributed by atoms with Crippen molar-refractivity contribution in [2.75, 3.05) is 4.72 Å². The molecule has 0 saturated heterocycles. The van der Waals surface area contributed by atoms with Crippen molar-refractivity contribution in [3.8, 4) is 0 Å². The van der Waals surface area contributed by atoms with E-state index in [2.05, 4.69) is 19.8 Å². The van der Waals surface area contributed by atoms with E-state index in [0.29, 0.717) is 5.69 Å². The lowest BCUT2D eigenvalue weighted by molar-refractivity contribution is 0.570. The maximum absolute atomic E-state index is 13.9. The number of hydrogen-bond donors (Lipinski definition) is 1. The molecule has 3 aromatic rings. The third-order valence-electron chi connectivity index (χ3n) is 2.82. The van der Waals surface area contributed by atoms with Gasteiger partial charge in [0.2, 0.25) is 0 Å². The van der Waals surface area contributed by atoms with Crippen molar-refractivity contribution in [2.24, 2.45) is 0 Å². The Labute approximate surface area is 129 Å². The number of nitrogens with zero attached hydrogens (tertiary/aromatic N) is 4. The quantitative estimate of drug-likeness (QED) is 0.787. The van der Waals surface area contributed by atoms with E-state index in [1.165, 1.54) is 29.0 Å². The molecular weight excluding hydrogens is 333 g/mol. The summed E-state index contributed by atoms with van der Waals surface area (Å²) in [4.78, 5) is 7.42. The summed E-state index contributed by atoms with van der Waals surface area (Å²) in [6, 6.07) is 5.20. The summed E-state index contributed by atoms with van der Waals surface area (Å²) in [6.07, 6.45) is 1.24.